The molecule has 1 aliphatic carbocycles. The molecular formula is C11H15N3O3. The molecule has 2 N–H and O–H groups in total. The first-order chi connectivity index (χ1) is 8.18. The summed E-state index contributed by atoms with van der Waals surface area (Å²) in [5.41, 5.74) is 0.414. The molecule has 1 aromatic rings. The first kappa shape index (κ1) is 11.8. The number of hydrogen-bond donors (Lipinski definition) is 2. The molecule has 1 aromatic heterocycles. The second kappa shape index (κ2) is 5.09. The van der Waals surface area contributed by atoms with Crippen LogP contribution in [0.1, 0.15) is 19.3 Å². The maximum absolute atomic E-state index is 10.7. The summed E-state index contributed by atoms with van der Waals surface area (Å²) in [7, 11) is 0. The predicted octanol–water partition coefficient (Wildman–Crippen LogP) is 1.56. The van der Waals surface area contributed by atoms with Gasteiger partial charge in [-0.2, -0.15) is 0 Å². The number of nitrogens with zero attached hydrogens (tertiary/aromatic N) is 2. The maximum atomic E-state index is 10.7. The Kier molecular flexibility index (Phi) is 3.53. The number of nitro groups is 1. The zero-order valence-corrected chi connectivity index (χ0v) is 9.37. The predicted molar refractivity (Wildman–Crippen MR) is 62.7 cm³/mol. The highest BCUT2D eigenvalue weighted by Crippen LogP contribution is 2.27. The van der Waals surface area contributed by atoms with Crippen LogP contribution in [0.3, 0.4) is 0 Å². The first-order valence-corrected chi connectivity index (χ1v) is 5.70. The van der Waals surface area contributed by atoms with Crippen LogP contribution in [0.5, 0.6) is 0 Å². The second-order valence-electron chi connectivity index (χ2n) is 4.27. The Labute approximate surface area is 98.8 Å². The molecule has 0 saturated heterocycles. The van der Waals surface area contributed by atoms with Gasteiger partial charge in [-0.15, -0.1) is 0 Å². The van der Waals surface area contributed by atoms with Crippen molar-refractivity contribution < 1.29 is 10.0 Å². The molecule has 1 fully saturated rings. The van der Waals surface area contributed by atoms with Crippen molar-refractivity contribution in [1.29, 1.82) is 0 Å². The van der Waals surface area contributed by atoms with Gasteiger partial charge in [0.2, 0.25) is 0 Å². The molecule has 0 spiro atoms. The van der Waals surface area contributed by atoms with E-state index in [9.17, 15) is 15.2 Å². The van der Waals surface area contributed by atoms with E-state index in [4.69, 9.17) is 0 Å². The lowest BCUT2D eigenvalue weighted by atomic mass is 10.1. The molecule has 2 atom stereocenters. The van der Waals surface area contributed by atoms with Gasteiger partial charge >= 0.3 is 5.82 Å². The monoisotopic (exact) mass is 237 g/mol. The summed E-state index contributed by atoms with van der Waals surface area (Å²) in [5, 5.41) is 23.4. The molecule has 6 heteroatoms. The number of hydrogen-bond acceptors (Lipinski definition) is 5. The SMILES string of the molecule is O=[N+]([O-])c1ncccc1NCC1CCCC1O. The molecule has 0 bridgehead atoms. The van der Waals surface area contributed by atoms with Crippen LogP contribution < -0.4 is 5.32 Å². The lowest BCUT2D eigenvalue weighted by molar-refractivity contribution is -0.388. The Hall–Kier alpha value is -1.69. The van der Waals surface area contributed by atoms with Crippen LogP contribution in [-0.4, -0.2) is 27.7 Å². The molecular weight excluding hydrogens is 222 g/mol. The van der Waals surface area contributed by atoms with Crippen molar-refractivity contribution in [3.63, 3.8) is 0 Å². The molecule has 92 valence electrons. The van der Waals surface area contributed by atoms with Crippen LogP contribution in [0.15, 0.2) is 18.3 Å². The average Bonchev–Trinajstić information content (AvgIpc) is 2.72. The normalized spacial score (nSPS) is 23.6. The van der Waals surface area contributed by atoms with Gasteiger partial charge in [0.25, 0.3) is 0 Å². The Morgan fingerprint density at radius 1 is 1.59 bits per heavy atom. The zero-order valence-electron chi connectivity index (χ0n) is 9.37. The summed E-state index contributed by atoms with van der Waals surface area (Å²) in [6.45, 7) is 0.549. The highest BCUT2D eigenvalue weighted by atomic mass is 16.6. The largest absolute Gasteiger partial charge is 0.393 e. The molecule has 1 saturated carbocycles. The minimum absolute atomic E-state index is 0.167. The number of anilines is 1. The van der Waals surface area contributed by atoms with E-state index in [0.29, 0.717) is 12.2 Å². The van der Waals surface area contributed by atoms with Crippen molar-refractivity contribution in [2.24, 2.45) is 5.92 Å². The van der Waals surface area contributed by atoms with Gasteiger partial charge in [-0.1, -0.05) is 6.42 Å². The second-order valence-corrected chi connectivity index (χ2v) is 4.27. The van der Waals surface area contributed by atoms with E-state index in [1.54, 1.807) is 12.1 Å². The van der Waals surface area contributed by atoms with Crippen LogP contribution in [0, 0.1) is 16.0 Å². The molecule has 17 heavy (non-hydrogen) atoms. The third-order valence-corrected chi connectivity index (χ3v) is 3.13. The lowest BCUT2D eigenvalue weighted by Crippen LogP contribution is -2.22. The molecule has 0 aromatic carbocycles. The van der Waals surface area contributed by atoms with Crippen molar-refractivity contribution in [2.45, 2.75) is 25.4 Å². The molecule has 2 rings (SSSR count). The van der Waals surface area contributed by atoms with Gasteiger partial charge < -0.3 is 20.5 Å². The summed E-state index contributed by atoms with van der Waals surface area (Å²) in [6.07, 6.45) is 3.90. The molecule has 0 amide bonds. The van der Waals surface area contributed by atoms with Crippen LogP contribution in [0.4, 0.5) is 11.5 Å². The fourth-order valence-corrected chi connectivity index (χ4v) is 2.18. The summed E-state index contributed by atoms with van der Waals surface area (Å²) in [6, 6.07) is 3.28. The number of rotatable bonds is 4. The van der Waals surface area contributed by atoms with Gasteiger partial charge in [0.05, 0.1) is 6.10 Å². The summed E-state index contributed by atoms with van der Waals surface area (Å²) >= 11 is 0. The number of aliphatic hydroxyl groups excluding tert-OH is 1. The zero-order chi connectivity index (χ0) is 12.3. The highest BCUT2D eigenvalue weighted by molar-refractivity contribution is 5.56. The smallest absolute Gasteiger partial charge is 0.386 e. The van der Waals surface area contributed by atoms with Gasteiger partial charge in [0, 0.05) is 12.5 Å². The van der Waals surface area contributed by atoms with Gasteiger partial charge in [0.1, 0.15) is 11.9 Å². The van der Waals surface area contributed by atoms with E-state index >= 15 is 0 Å². The van der Waals surface area contributed by atoms with E-state index in [0.717, 1.165) is 19.3 Å². The van der Waals surface area contributed by atoms with Gasteiger partial charge in [-0.05, 0) is 34.9 Å². The number of nitrogens with one attached hydrogen (secondary N) is 1. The van der Waals surface area contributed by atoms with Crippen molar-refractivity contribution >= 4 is 11.5 Å². The molecule has 2 unspecified atom stereocenters. The lowest BCUT2D eigenvalue weighted by Gasteiger charge is -2.15. The van der Waals surface area contributed by atoms with Gasteiger partial charge in [0.15, 0.2) is 0 Å². The fourth-order valence-electron chi connectivity index (χ4n) is 2.18. The number of pyridine rings is 1. The summed E-state index contributed by atoms with van der Waals surface area (Å²) in [4.78, 5) is 13.9. The van der Waals surface area contributed by atoms with Gasteiger partial charge in [-0.3, -0.25) is 0 Å². The summed E-state index contributed by atoms with van der Waals surface area (Å²) < 4.78 is 0. The van der Waals surface area contributed by atoms with Crippen molar-refractivity contribution in [1.82, 2.24) is 4.98 Å². The Bertz CT molecular complexity index is 411. The minimum atomic E-state index is -0.507. The molecule has 1 heterocycles. The Morgan fingerprint density at radius 3 is 3.06 bits per heavy atom. The van der Waals surface area contributed by atoms with E-state index in [-0.39, 0.29) is 17.8 Å². The topological polar surface area (TPSA) is 88.3 Å². The van der Waals surface area contributed by atoms with E-state index < -0.39 is 4.92 Å². The van der Waals surface area contributed by atoms with Gasteiger partial charge in [-0.25, -0.2) is 0 Å². The third-order valence-electron chi connectivity index (χ3n) is 3.13. The Balaban J connectivity index is 2.01. The third kappa shape index (κ3) is 2.71. The summed E-state index contributed by atoms with van der Waals surface area (Å²) in [5.74, 6) is 0.00907. The van der Waals surface area contributed by atoms with Crippen molar-refractivity contribution in [3.8, 4) is 0 Å². The highest BCUT2D eigenvalue weighted by Gasteiger charge is 2.25. The minimum Gasteiger partial charge on any atom is -0.393 e. The fraction of sp³-hybridized carbons (Fsp3) is 0.545. The molecule has 0 aliphatic heterocycles. The maximum Gasteiger partial charge on any atom is 0.386 e. The molecule has 0 radical (unpaired) electrons. The number of aromatic nitrogens is 1. The standard InChI is InChI=1S/C11H15N3O3/c15-10-5-1-3-8(10)7-13-9-4-2-6-12-11(9)14(16)17/h2,4,6,8,10,13,15H,1,3,5,7H2. The van der Waals surface area contributed by atoms with E-state index in [1.165, 1.54) is 6.20 Å². The van der Waals surface area contributed by atoms with Crippen molar-refractivity contribution in [3.05, 3.63) is 28.4 Å². The first-order valence-electron chi connectivity index (χ1n) is 5.70. The van der Waals surface area contributed by atoms with Crippen molar-refractivity contribution in [2.75, 3.05) is 11.9 Å². The quantitative estimate of drug-likeness (QED) is 0.612. The Morgan fingerprint density at radius 2 is 2.41 bits per heavy atom. The van der Waals surface area contributed by atoms with Crippen LogP contribution in [-0.2, 0) is 0 Å². The van der Waals surface area contributed by atoms with E-state index in [2.05, 4.69) is 10.3 Å². The molecule has 6 nitrogen and oxygen atoms in total. The van der Waals surface area contributed by atoms with Crippen LogP contribution in [0.25, 0.3) is 0 Å². The van der Waals surface area contributed by atoms with Crippen LogP contribution >= 0.6 is 0 Å². The van der Waals surface area contributed by atoms with Crippen LogP contribution in [0.2, 0.25) is 0 Å². The van der Waals surface area contributed by atoms with E-state index in [1.807, 2.05) is 0 Å². The average molecular weight is 237 g/mol. The number of aliphatic hydroxyl groups is 1. The molecule has 1 aliphatic rings.